The van der Waals surface area contributed by atoms with Crippen molar-refractivity contribution in [1.29, 1.82) is 0 Å². The van der Waals surface area contributed by atoms with Crippen molar-refractivity contribution in [3.05, 3.63) is 35.4 Å². The highest BCUT2D eigenvalue weighted by Crippen LogP contribution is 2.32. The summed E-state index contributed by atoms with van der Waals surface area (Å²) >= 11 is 0. The van der Waals surface area contributed by atoms with Crippen LogP contribution >= 0.6 is 24.0 Å². The van der Waals surface area contributed by atoms with E-state index in [9.17, 15) is 13.2 Å². The van der Waals surface area contributed by atoms with Gasteiger partial charge in [-0.15, -0.1) is 24.0 Å². The molecule has 2 fully saturated rings. The molecule has 2 aliphatic heterocycles. The Bertz CT molecular complexity index is 701. The van der Waals surface area contributed by atoms with Crippen molar-refractivity contribution in [2.75, 3.05) is 52.9 Å². The fourth-order valence-corrected chi connectivity index (χ4v) is 4.13. The van der Waals surface area contributed by atoms with Crippen LogP contribution in [-0.4, -0.2) is 68.7 Å². The van der Waals surface area contributed by atoms with Crippen LogP contribution in [0.1, 0.15) is 37.0 Å². The minimum Gasteiger partial charge on any atom is -0.370 e. The third-order valence-electron chi connectivity index (χ3n) is 5.62. The van der Waals surface area contributed by atoms with Crippen LogP contribution in [0.3, 0.4) is 0 Å². The second-order valence-corrected chi connectivity index (χ2v) is 7.81. The normalized spacial score (nSPS) is 23.4. The Morgan fingerprint density at radius 1 is 1.27 bits per heavy atom. The van der Waals surface area contributed by atoms with Gasteiger partial charge in [-0.05, 0) is 49.5 Å². The molecule has 5 nitrogen and oxygen atoms in total. The van der Waals surface area contributed by atoms with Crippen LogP contribution in [0.15, 0.2) is 29.3 Å². The molecule has 0 radical (unpaired) electrons. The van der Waals surface area contributed by atoms with Crippen molar-refractivity contribution in [3.63, 3.8) is 0 Å². The zero-order chi connectivity index (χ0) is 20.9. The monoisotopic (exact) mass is 540 g/mol. The molecule has 3 rings (SSSR count). The molecule has 9 heteroatoms. The molecule has 0 saturated carbocycles. The molecule has 1 aromatic carbocycles. The van der Waals surface area contributed by atoms with Gasteiger partial charge in [0.25, 0.3) is 0 Å². The average molecular weight is 540 g/mol. The highest BCUT2D eigenvalue weighted by molar-refractivity contribution is 14.0. The number of nitrogens with one attached hydrogen (secondary N) is 1. The lowest BCUT2D eigenvalue weighted by Crippen LogP contribution is -2.49. The van der Waals surface area contributed by atoms with Crippen LogP contribution in [0.5, 0.6) is 0 Å². The number of aliphatic imine (C=N–C) groups is 1. The van der Waals surface area contributed by atoms with Gasteiger partial charge in [0.05, 0.1) is 18.7 Å². The van der Waals surface area contributed by atoms with Crippen LogP contribution in [0.2, 0.25) is 0 Å². The Morgan fingerprint density at radius 2 is 2.07 bits per heavy atom. The lowest BCUT2D eigenvalue weighted by molar-refractivity contribution is -0.137. The summed E-state index contributed by atoms with van der Waals surface area (Å²) in [6, 6.07) is 5.41. The first-order valence-corrected chi connectivity index (χ1v) is 10.4. The molecule has 0 aliphatic carbocycles. The molecule has 2 saturated heterocycles. The van der Waals surface area contributed by atoms with Crippen molar-refractivity contribution in [1.82, 2.24) is 15.1 Å². The number of hydrogen-bond donors (Lipinski definition) is 1. The summed E-state index contributed by atoms with van der Waals surface area (Å²) in [6.07, 6.45) is -2.40. The molecule has 30 heavy (non-hydrogen) atoms. The molecule has 2 heterocycles. The zero-order valence-electron chi connectivity index (χ0n) is 17.6. The van der Waals surface area contributed by atoms with E-state index < -0.39 is 17.8 Å². The highest BCUT2D eigenvalue weighted by Gasteiger charge is 2.32. The van der Waals surface area contributed by atoms with Gasteiger partial charge in [0.2, 0.25) is 0 Å². The molecular formula is C21H32F3IN4O. The van der Waals surface area contributed by atoms with Crippen molar-refractivity contribution >= 4 is 29.9 Å². The maximum Gasteiger partial charge on any atom is 0.416 e. The predicted octanol–water partition coefficient (Wildman–Crippen LogP) is 4.00. The molecule has 0 amide bonds. The van der Waals surface area contributed by atoms with Crippen LogP contribution in [0, 0.1) is 5.92 Å². The summed E-state index contributed by atoms with van der Waals surface area (Å²) in [7, 11) is 1.75. The Kier molecular flexibility index (Phi) is 9.67. The highest BCUT2D eigenvalue weighted by atomic mass is 127. The molecule has 0 bridgehead atoms. The van der Waals surface area contributed by atoms with Gasteiger partial charge in [-0.2, -0.15) is 13.2 Å². The summed E-state index contributed by atoms with van der Waals surface area (Å²) in [5.41, 5.74) is -0.0953. The average Bonchev–Trinajstić information content (AvgIpc) is 3.16. The number of nitrogens with zero attached hydrogens (tertiary/aromatic N) is 3. The predicted molar refractivity (Wildman–Crippen MR) is 123 cm³/mol. The number of benzene rings is 1. The van der Waals surface area contributed by atoms with Gasteiger partial charge in [0, 0.05) is 26.7 Å². The van der Waals surface area contributed by atoms with Crippen LogP contribution in [0.4, 0.5) is 13.2 Å². The van der Waals surface area contributed by atoms with E-state index in [2.05, 4.69) is 27.0 Å². The summed E-state index contributed by atoms with van der Waals surface area (Å²) in [5, 5.41) is 3.47. The number of alkyl halides is 3. The Labute approximate surface area is 194 Å². The van der Waals surface area contributed by atoms with Gasteiger partial charge < -0.3 is 19.9 Å². The molecule has 1 aromatic rings. The quantitative estimate of drug-likeness (QED) is 0.349. The molecule has 1 N–H and O–H groups in total. The minimum absolute atomic E-state index is 0. The number of halogens is 4. The van der Waals surface area contributed by atoms with Crippen molar-refractivity contribution in [2.24, 2.45) is 10.9 Å². The van der Waals surface area contributed by atoms with Gasteiger partial charge >= 0.3 is 6.18 Å². The third-order valence-corrected chi connectivity index (χ3v) is 5.62. The number of hydrogen-bond acceptors (Lipinski definition) is 3. The Balaban J connectivity index is 0.00000320. The van der Waals surface area contributed by atoms with Crippen molar-refractivity contribution in [3.8, 4) is 0 Å². The van der Waals surface area contributed by atoms with E-state index in [1.165, 1.54) is 25.0 Å². The van der Waals surface area contributed by atoms with E-state index >= 15 is 0 Å². The number of rotatable bonds is 5. The van der Waals surface area contributed by atoms with Gasteiger partial charge in [-0.3, -0.25) is 4.99 Å². The van der Waals surface area contributed by atoms with E-state index in [0.29, 0.717) is 31.2 Å². The molecular weight excluding hydrogens is 508 g/mol. The summed E-state index contributed by atoms with van der Waals surface area (Å²) < 4.78 is 44.9. The first-order chi connectivity index (χ1) is 13.9. The fraction of sp³-hybridized carbons (Fsp3) is 0.667. The second kappa shape index (κ2) is 11.5. The molecule has 2 aliphatic rings. The van der Waals surface area contributed by atoms with Crippen LogP contribution in [0.25, 0.3) is 0 Å². The number of ether oxygens (including phenoxy) is 1. The maximum absolute atomic E-state index is 13.0. The third kappa shape index (κ3) is 6.71. The first-order valence-electron chi connectivity index (χ1n) is 10.4. The van der Waals surface area contributed by atoms with Crippen LogP contribution < -0.4 is 5.32 Å². The zero-order valence-corrected chi connectivity index (χ0v) is 20.0. The molecule has 2 atom stereocenters. The minimum atomic E-state index is -4.35. The molecule has 170 valence electrons. The lowest BCUT2D eigenvalue weighted by atomic mass is 10.0. The molecule has 0 spiro atoms. The molecule has 2 unspecified atom stereocenters. The fourth-order valence-electron chi connectivity index (χ4n) is 4.13. The van der Waals surface area contributed by atoms with E-state index in [1.807, 2.05) is 0 Å². The van der Waals surface area contributed by atoms with Gasteiger partial charge in [-0.1, -0.05) is 19.1 Å². The Hall–Kier alpha value is -1.07. The van der Waals surface area contributed by atoms with E-state index in [1.54, 1.807) is 13.1 Å². The summed E-state index contributed by atoms with van der Waals surface area (Å²) in [6.45, 7) is 8.06. The number of guanidine groups is 1. The summed E-state index contributed by atoms with van der Waals surface area (Å²) in [4.78, 5) is 8.97. The molecule has 0 aromatic heterocycles. The summed E-state index contributed by atoms with van der Waals surface area (Å²) in [5.74, 6) is 1.39. The van der Waals surface area contributed by atoms with Gasteiger partial charge in [0.1, 0.15) is 6.10 Å². The second-order valence-electron chi connectivity index (χ2n) is 7.81. The van der Waals surface area contributed by atoms with Crippen molar-refractivity contribution in [2.45, 2.75) is 32.0 Å². The largest absolute Gasteiger partial charge is 0.416 e. The van der Waals surface area contributed by atoms with Gasteiger partial charge in [0.15, 0.2) is 5.96 Å². The van der Waals surface area contributed by atoms with Gasteiger partial charge in [-0.25, -0.2) is 0 Å². The standard InChI is InChI=1S/C21H31F3N4O.HI/c1-3-8-27-9-7-16(14-27)13-26-20(25-2)28-10-11-29-19(15-28)17-5-4-6-18(12-17)21(22,23)24;/h4-6,12,16,19H,3,7-11,13-15H2,1-2H3,(H,25,26);1H. The van der Waals surface area contributed by atoms with E-state index in [0.717, 1.165) is 38.2 Å². The van der Waals surface area contributed by atoms with Crippen molar-refractivity contribution < 1.29 is 17.9 Å². The SMILES string of the molecule is CCCN1CCC(CNC(=NC)N2CCOC(c3cccc(C(F)(F)F)c3)C2)C1.I. The Morgan fingerprint density at radius 3 is 2.77 bits per heavy atom. The smallest absolute Gasteiger partial charge is 0.370 e. The van der Waals surface area contributed by atoms with E-state index in [4.69, 9.17) is 4.74 Å². The topological polar surface area (TPSA) is 40.1 Å². The van der Waals surface area contributed by atoms with Crippen LogP contribution in [-0.2, 0) is 10.9 Å². The maximum atomic E-state index is 13.0. The number of morpholine rings is 1. The van der Waals surface area contributed by atoms with E-state index in [-0.39, 0.29) is 24.0 Å². The first kappa shape index (κ1) is 25.2. The lowest BCUT2D eigenvalue weighted by Gasteiger charge is -2.35. The number of likely N-dealkylation sites (tertiary alicyclic amines) is 1.